The lowest BCUT2D eigenvalue weighted by molar-refractivity contribution is 0.414. The number of H-pyrrole nitrogens is 2. The maximum atomic E-state index is 15.0. The normalized spacial score (nSPS) is 14.0. The summed E-state index contributed by atoms with van der Waals surface area (Å²) in [7, 11) is 0. The zero-order chi connectivity index (χ0) is 22.1. The van der Waals surface area contributed by atoms with Crippen molar-refractivity contribution in [1.82, 2.24) is 25.1 Å². The zero-order valence-electron chi connectivity index (χ0n) is 17.9. The first-order valence-electron chi connectivity index (χ1n) is 10.6. The highest BCUT2D eigenvalue weighted by atomic mass is 19.1. The van der Waals surface area contributed by atoms with E-state index in [9.17, 15) is 0 Å². The molecule has 1 aromatic carbocycles. The molecule has 0 spiro atoms. The molecular formula is C23H24FN7O. The Morgan fingerprint density at radius 1 is 1.12 bits per heavy atom. The number of halogens is 1. The molecule has 4 heterocycles. The lowest BCUT2D eigenvalue weighted by Crippen LogP contribution is -2.19. The van der Waals surface area contributed by atoms with Gasteiger partial charge in [0, 0.05) is 41.8 Å². The van der Waals surface area contributed by atoms with E-state index < -0.39 is 5.82 Å². The highest BCUT2D eigenvalue weighted by Gasteiger charge is 2.19. The van der Waals surface area contributed by atoms with Crippen LogP contribution in [0.25, 0.3) is 17.0 Å². The molecule has 0 bridgehead atoms. The van der Waals surface area contributed by atoms with Crippen LogP contribution in [0.1, 0.15) is 31.2 Å². The van der Waals surface area contributed by atoms with Gasteiger partial charge in [0.1, 0.15) is 11.6 Å². The van der Waals surface area contributed by atoms with E-state index in [1.165, 1.54) is 0 Å². The lowest BCUT2D eigenvalue weighted by atomic mass is 10.2. The van der Waals surface area contributed by atoms with E-state index in [0.29, 0.717) is 17.0 Å². The molecule has 5 rings (SSSR count). The Morgan fingerprint density at radius 3 is 2.78 bits per heavy atom. The van der Waals surface area contributed by atoms with Gasteiger partial charge in [0.25, 0.3) is 0 Å². The van der Waals surface area contributed by atoms with E-state index in [-0.39, 0.29) is 11.8 Å². The zero-order valence-corrected chi connectivity index (χ0v) is 17.9. The molecule has 8 nitrogen and oxygen atoms in total. The van der Waals surface area contributed by atoms with Crippen molar-refractivity contribution in [3.8, 4) is 11.8 Å². The van der Waals surface area contributed by atoms with E-state index in [1.54, 1.807) is 18.2 Å². The predicted molar refractivity (Wildman–Crippen MR) is 123 cm³/mol. The first kappa shape index (κ1) is 20.0. The number of nitrogens with one attached hydrogen (secondary N) is 3. The van der Waals surface area contributed by atoms with Crippen molar-refractivity contribution in [2.45, 2.75) is 26.7 Å². The molecule has 0 aliphatic carbocycles. The molecule has 1 fully saturated rings. The Kier molecular flexibility index (Phi) is 5.22. The van der Waals surface area contributed by atoms with Crippen LogP contribution in [0.3, 0.4) is 0 Å². The number of aryl methyl sites for hydroxylation is 1. The van der Waals surface area contributed by atoms with Crippen molar-refractivity contribution in [3.05, 3.63) is 53.6 Å². The summed E-state index contributed by atoms with van der Waals surface area (Å²) in [5, 5.41) is 10.9. The second-order valence-corrected chi connectivity index (χ2v) is 7.81. The summed E-state index contributed by atoms with van der Waals surface area (Å²) in [6, 6.07) is 8.94. The van der Waals surface area contributed by atoms with Gasteiger partial charge in [0.15, 0.2) is 17.4 Å². The number of hydrogen-bond acceptors (Lipinski definition) is 6. The number of anilines is 3. The Balaban J connectivity index is 1.48. The third-order valence-electron chi connectivity index (χ3n) is 5.36. The average Bonchev–Trinajstić information content (AvgIpc) is 3.52. The van der Waals surface area contributed by atoms with Gasteiger partial charge >= 0.3 is 6.01 Å². The van der Waals surface area contributed by atoms with Crippen LogP contribution in [0.15, 0.2) is 36.4 Å². The fourth-order valence-electron chi connectivity index (χ4n) is 3.89. The van der Waals surface area contributed by atoms with Crippen LogP contribution in [-0.4, -0.2) is 38.2 Å². The number of fused-ring (bicyclic) bond motifs is 1. The van der Waals surface area contributed by atoms with Crippen LogP contribution in [0.2, 0.25) is 0 Å². The summed E-state index contributed by atoms with van der Waals surface area (Å²) in [5.41, 5.74) is 2.47. The monoisotopic (exact) mass is 433 g/mol. The average molecular weight is 433 g/mol. The topological polar surface area (TPSA) is 94.8 Å². The number of allylic oxidation sites excluding steroid dienone is 1. The molecule has 1 aliphatic rings. The van der Waals surface area contributed by atoms with Gasteiger partial charge in [-0.25, -0.2) is 4.39 Å². The van der Waals surface area contributed by atoms with Gasteiger partial charge in [-0.05, 0) is 51.0 Å². The molecule has 0 atom stereocenters. The summed E-state index contributed by atoms with van der Waals surface area (Å²) >= 11 is 0. The van der Waals surface area contributed by atoms with E-state index in [4.69, 9.17) is 4.74 Å². The Labute approximate surface area is 184 Å². The molecule has 0 amide bonds. The van der Waals surface area contributed by atoms with E-state index >= 15 is 4.39 Å². The van der Waals surface area contributed by atoms with Crippen molar-refractivity contribution in [3.63, 3.8) is 0 Å². The molecule has 3 N–H and O–H groups in total. The molecule has 4 aromatic rings. The Bertz CT molecular complexity index is 1290. The maximum absolute atomic E-state index is 15.0. The highest BCUT2D eigenvalue weighted by Crippen LogP contribution is 2.31. The van der Waals surface area contributed by atoms with E-state index in [0.717, 1.165) is 48.7 Å². The fourth-order valence-corrected chi connectivity index (χ4v) is 3.89. The standard InChI is InChI=1S/C23H24FN7O/c1-3-6-15-12-20(30-29-15)26-19-13-21(31-9-4-5-10-31)28-23(27-19)32-18-8-7-17-16(22(18)24)11-14(2)25-17/h3,6-8,11-13,25H,4-5,9-10H2,1-2H3,(H2,26,27,28,29,30)/b6-3+. The minimum absolute atomic E-state index is 0.0756. The SMILES string of the molecule is C/C=C/c1cc(Nc2cc(N3CCCC3)nc(Oc3ccc4[nH]c(C)cc4c3F)n2)n[nH]1. The molecule has 1 saturated heterocycles. The Hall–Kier alpha value is -3.88. The second-order valence-electron chi connectivity index (χ2n) is 7.81. The molecule has 0 saturated carbocycles. The molecule has 9 heteroatoms. The highest BCUT2D eigenvalue weighted by molar-refractivity contribution is 5.82. The van der Waals surface area contributed by atoms with Crippen molar-refractivity contribution < 1.29 is 9.13 Å². The molecule has 32 heavy (non-hydrogen) atoms. The van der Waals surface area contributed by atoms with Gasteiger partial charge in [-0.1, -0.05) is 6.08 Å². The quantitative estimate of drug-likeness (QED) is 0.382. The first-order valence-corrected chi connectivity index (χ1v) is 10.6. The number of ether oxygens (including phenoxy) is 1. The summed E-state index contributed by atoms with van der Waals surface area (Å²) in [6.07, 6.45) is 6.06. The van der Waals surface area contributed by atoms with Gasteiger partial charge < -0.3 is 19.9 Å². The second kappa shape index (κ2) is 8.33. The number of hydrogen-bond donors (Lipinski definition) is 3. The molecule has 164 valence electrons. The summed E-state index contributed by atoms with van der Waals surface area (Å²) in [4.78, 5) is 14.3. The lowest BCUT2D eigenvalue weighted by Gasteiger charge is -2.18. The molecule has 0 radical (unpaired) electrons. The van der Waals surface area contributed by atoms with E-state index in [1.807, 2.05) is 38.1 Å². The minimum atomic E-state index is -0.445. The van der Waals surface area contributed by atoms with Crippen LogP contribution < -0.4 is 15.0 Å². The first-order chi connectivity index (χ1) is 15.6. The van der Waals surface area contributed by atoms with Crippen LogP contribution in [0, 0.1) is 12.7 Å². The fraction of sp³-hybridized carbons (Fsp3) is 0.261. The number of rotatable bonds is 6. The molecule has 1 aliphatic heterocycles. The smallest absolute Gasteiger partial charge is 0.326 e. The van der Waals surface area contributed by atoms with E-state index in [2.05, 4.69) is 35.4 Å². The largest absolute Gasteiger partial charge is 0.421 e. The third-order valence-corrected chi connectivity index (χ3v) is 5.36. The minimum Gasteiger partial charge on any atom is -0.421 e. The summed E-state index contributed by atoms with van der Waals surface area (Å²) in [5.74, 6) is 1.51. The van der Waals surface area contributed by atoms with Crippen LogP contribution >= 0.6 is 0 Å². The van der Waals surface area contributed by atoms with Crippen molar-refractivity contribution in [2.24, 2.45) is 0 Å². The maximum Gasteiger partial charge on any atom is 0.326 e. The van der Waals surface area contributed by atoms with Gasteiger partial charge in [-0.2, -0.15) is 15.1 Å². The van der Waals surface area contributed by atoms with Crippen molar-refractivity contribution in [1.29, 1.82) is 0 Å². The number of aromatic nitrogens is 5. The summed E-state index contributed by atoms with van der Waals surface area (Å²) in [6.45, 7) is 5.65. The van der Waals surface area contributed by atoms with Gasteiger partial charge in [-0.3, -0.25) is 5.10 Å². The van der Waals surface area contributed by atoms with Crippen LogP contribution in [0.4, 0.5) is 21.8 Å². The van der Waals surface area contributed by atoms with Gasteiger partial charge in [0.2, 0.25) is 0 Å². The van der Waals surface area contributed by atoms with Crippen LogP contribution in [-0.2, 0) is 0 Å². The van der Waals surface area contributed by atoms with Crippen molar-refractivity contribution in [2.75, 3.05) is 23.3 Å². The van der Waals surface area contributed by atoms with Gasteiger partial charge in [-0.15, -0.1) is 0 Å². The van der Waals surface area contributed by atoms with Gasteiger partial charge in [0.05, 0.1) is 5.69 Å². The number of benzene rings is 1. The Morgan fingerprint density at radius 2 is 1.97 bits per heavy atom. The molecular weight excluding hydrogens is 409 g/mol. The molecule has 3 aromatic heterocycles. The molecule has 0 unspecified atom stereocenters. The third kappa shape index (κ3) is 4.01. The predicted octanol–water partition coefficient (Wildman–Crippen LogP) is 5.30. The van der Waals surface area contributed by atoms with Crippen molar-refractivity contribution >= 4 is 34.4 Å². The van der Waals surface area contributed by atoms with Crippen LogP contribution in [0.5, 0.6) is 11.8 Å². The summed E-state index contributed by atoms with van der Waals surface area (Å²) < 4.78 is 20.9. The number of aromatic amines is 2. The number of nitrogens with zero attached hydrogens (tertiary/aromatic N) is 4.